The topological polar surface area (TPSA) is 141 Å². The van der Waals surface area contributed by atoms with E-state index in [9.17, 15) is 23.1 Å². The van der Waals surface area contributed by atoms with Crippen LogP contribution in [0.3, 0.4) is 0 Å². The second-order valence-corrected chi connectivity index (χ2v) is 9.33. The van der Waals surface area contributed by atoms with E-state index in [0.717, 1.165) is 6.26 Å². The number of amides is 1. The van der Waals surface area contributed by atoms with E-state index in [1.807, 2.05) is 0 Å². The summed E-state index contributed by atoms with van der Waals surface area (Å²) in [5, 5.41) is 23.3. The van der Waals surface area contributed by atoms with Gasteiger partial charge in [0.05, 0.1) is 24.0 Å². The second kappa shape index (κ2) is 7.12. The number of β-lactam (4-membered cyclic amide) rings is 1. The summed E-state index contributed by atoms with van der Waals surface area (Å²) in [6, 6.07) is -1.32. The van der Waals surface area contributed by atoms with Crippen molar-refractivity contribution in [2.24, 2.45) is 13.0 Å². The van der Waals surface area contributed by atoms with Crippen LogP contribution in [0.5, 0.6) is 0 Å². The first-order valence-corrected chi connectivity index (χ1v) is 10.6. The van der Waals surface area contributed by atoms with E-state index in [-0.39, 0.29) is 53.5 Å². The number of tetrazole rings is 1. The van der Waals surface area contributed by atoms with Crippen LogP contribution < -0.4 is 34.7 Å². The Hall–Kier alpha value is -0.990. The van der Waals surface area contributed by atoms with Crippen LogP contribution >= 0.6 is 11.8 Å². The Labute approximate surface area is 181 Å². The van der Waals surface area contributed by atoms with Gasteiger partial charge in [0.1, 0.15) is 6.04 Å². The molecular weight excluding hydrogens is 407 g/mol. The maximum atomic E-state index is 12.5. The van der Waals surface area contributed by atoms with Crippen LogP contribution in [0.4, 0.5) is 0 Å². The molecule has 1 amide bonds. The molecule has 27 heavy (non-hydrogen) atoms. The van der Waals surface area contributed by atoms with Crippen molar-refractivity contribution in [1.29, 1.82) is 0 Å². The fourth-order valence-corrected chi connectivity index (χ4v) is 6.01. The summed E-state index contributed by atoms with van der Waals surface area (Å²) in [6.45, 7) is 0.185. The van der Waals surface area contributed by atoms with Crippen molar-refractivity contribution in [3.8, 4) is 0 Å². The predicted molar refractivity (Wildman–Crippen MR) is 85.6 cm³/mol. The third kappa shape index (κ3) is 3.13. The van der Waals surface area contributed by atoms with E-state index in [1.165, 1.54) is 25.6 Å². The van der Waals surface area contributed by atoms with Crippen molar-refractivity contribution in [2.45, 2.75) is 23.7 Å². The summed E-state index contributed by atoms with van der Waals surface area (Å²) in [5.41, 5.74) is 0.436. The average molecular weight is 422 g/mol. The molecule has 2 fully saturated rings. The molecule has 0 aliphatic carbocycles. The summed E-state index contributed by atoms with van der Waals surface area (Å²) in [4.78, 5) is 25.4. The molecule has 4 rings (SSSR count). The third-order valence-electron chi connectivity index (χ3n) is 5.05. The minimum atomic E-state index is -3.55. The molecule has 0 N–H and O–H groups in total. The summed E-state index contributed by atoms with van der Waals surface area (Å²) in [7, 11) is -1.88. The van der Waals surface area contributed by atoms with Crippen LogP contribution in [-0.4, -0.2) is 80.3 Å². The van der Waals surface area contributed by atoms with Crippen LogP contribution in [0.2, 0.25) is 0 Å². The maximum absolute atomic E-state index is 12.5. The molecular formula is C13H15N6NaO5S2. The Balaban J connectivity index is 0.00000210. The quantitative estimate of drug-likeness (QED) is 0.258. The molecule has 0 aromatic carbocycles. The van der Waals surface area contributed by atoms with E-state index in [0.29, 0.717) is 17.2 Å². The fourth-order valence-electron chi connectivity index (χ4n) is 4.00. The molecule has 14 heteroatoms. The summed E-state index contributed by atoms with van der Waals surface area (Å²) in [5.74, 6) is -1.86. The summed E-state index contributed by atoms with van der Waals surface area (Å²) < 4.78 is 26.5. The van der Waals surface area contributed by atoms with Gasteiger partial charge in [0.15, 0.2) is 0 Å². The van der Waals surface area contributed by atoms with Crippen molar-refractivity contribution in [1.82, 2.24) is 29.4 Å². The van der Waals surface area contributed by atoms with Crippen molar-refractivity contribution in [3.05, 3.63) is 11.3 Å². The Morgan fingerprint density at radius 1 is 1.41 bits per heavy atom. The van der Waals surface area contributed by atoms with Crippen LogP contribution in [0, 0.1) is 5.92 Å². The van der Waals surface area contributed by atoms with E-state index in [4.69, 9.17) is 0 Å². The van der Waals surface area contributed by atoms with Gasteiger partial charge >= 0.3 is 29.6 Å². The zero-order valence-corrected chi connectivity index (χ0v) is 18.5. The summed E-state index contributed by atoms with van der Waals surface area (Å²) >= 11 is 1.26. The molecule has 0 spiro atoms. The number of aliphatic carboxylic acids is 1. The minimum Gasteiger partial charge on any atom is -0.543 e. The number of carboxylic acids is 1. The van der Waals surface area contributed by atoms with E-state index in [1.54, 1.807) is 7.05 Å². The number of sulfonamides is 1. The van der Waals surface area contributed by atoms with E-state index in [2.05, 4.69) is 15.5 Å². The second-order valence-electron chi connectivity index (χ2n) is 6.45. The number of nitrogens with zero attached hydrogens (tertiary/aromatic N) is 6. The monoisotopic (exact) mass is 422 g/mol. The fraction of sp³-hybridized carbons (Fsp3) is 0.615. The first-order valence-electron chi connectivity index (χ1n) is 7.81. The number of carbonyl (C=O) groups is 2. The van der Waals surface area contributed by atoms with E-state index < -0.39 is 34.0 Å². The van der Waals surface area contributed by atoms with Gasteiger partial charge in [0.25, 0.3) is 0 Å². The van der Waals surface area contributed by atoms with Crippen LogP contribution in [0.25, 0.3) is 0 Å². The standard InChI is InChI=1S/C13H16N6O5S2.Na/c1-17-13(14-15-16-17)25-5-7-6-3-4-18(26(2,23)24)10-8(6)19(11(10)20)9(7)12(21)22;/h6,8,10H,3-5H2,1-2H3,(H,21,22);/q;+1/p-1/t6?,8-,10+;/m1./s1. The Bertz CT molecular complexity index is 947. The molecule has 0 saturated carbocycles. The third-order valence-corrected chi connectivity index (χ3v) is 7.37. The van der Waals surface area contributed by atoms with Gasteiger partial charge in [-0.1, -0.05) is 11.8 Å². The minimum absolute atomic E-state index is 0. The molecule has 1 aromatic rings. The average Bonchev–Trinajstić information content (AvgIpc) is 3.10. The smallest absolute Gasteiger partial charge is 0.543 e. The predicted octanol–water partition coefficient (Wildman–Crippen LogP) is -5.82. The number of carbonyl (C=O) groups excluding carboxylic acids is 2. The molecule has 1 unspecified atom stereocenters. The van der Waals surface area contributed by atoms with Crippen molar-refractivity contribution in [2.75, 3.05) is 18.6 Å². The molecule has 2 saturated heterocycles. The van der Waals surface area contributed by atoms with Gasteiger partial charge in [-0.3, -0.25) is 4.79 Å². The van der Waals surface area contributed by atoms with Gasteiger partial charge in [-0.05, 0) is 22.4 Å². The van der Waals surface area contributed by atoms with E-state index >= 15 is 0 Å². The molecule has 3 atom stereocenters. The molecule has 3 aliphatic heterocycles. The number of hydrogen-bond acceptors (Lipinski definition) is 9. The SMILES string of the molecule is Cn1nnnc1SCC1=C(C(=O)[O-])N2C(=O)[C@@H]3[C@H]2C1CCN3S(C)(=O)=O.[Na+]. The molecule has 4 heterocycles. The van der Waals surface area contributed by atoms with Crippen molar-refractivity contribution >= 4 is 33.7 Å². The molecule has 0 radical (unpaired) electrons. The zero-order chi connectivity index (χ0) is 18.8. The zero-order valence-electron chi connectivity index (χ0n) is 14.9. The van der Waals surface area contributed by atoms with Crippen molar-refractivity contribution < 1.29 is 52.7 Å². The normalized spacial score (nSPS) is 27.3. The van der Waals surface area contributed by atoms with Gasteiger partial charge in [-0.15, -0.1) is 5.10 Å². The molecule has 0 bridgehead atoms. The van der Waals surface area contributed by atoms with Gasteiger partial charge in [0.2, 0.25) is 21.1 Å². The molecule has 3 aliphatic rings. The largest absolute Gasteiger partial charge is 1.00 e. The maximum Gasteiger partial charge on any atom is 1.00 e. The Kier molecular flexibility index (Phi) is 5.47. The number of hydrogen-bond donors (Lipinski definition) is 0. The van der Waals surface area contributed by atoms with Gasteiger partial charge in [0, 0.05) is 25.3 Å². The Morgan fingerprint density at radius 3 is 2.67 bits per heavy atom. The summed E-state index contributed by atoms with van der Waals surface area (Å²) in [6.07, 6.45) is 1.50. The number of aryl methyl sites for hydroxylation is 1. The van der Waals surface area contributed by atoms with Gasteiger partial charge in [-0.25, -0.2) is 13.1 Å². The van der Waals surface area contributed by atoms with Crippen LogP contribution in [0.1, 0.15) is 6.42 Å². The van der Waals surface area contributed by atoms with Crippen LogP contribution in [-0.2, 0) is 26.7 Å². The van der Waals surface area contributed by atoms with Crippen molar-refractivity contribution in [3.63, 3.8) is 0 Å². The number of rotatable bonds is 5. The van der Waals surface area contributed by atoms with Crippen LogP contribution in [0.15, 0.2) is 16.4 Å². The number of piperidine rings is 1. The Morgan fingerprint density at radius 2 is 2.11 bits per heavy atom. The number of thioether (sulfide) groups is 1. The first kappa shape index (κ1) is 20.7. The van der Waals surface area contributed by atoms with Gasteiger partial charge in [-0.2, -0.15) is 4.31 Å². The first-order chi connectivity index (χ1) is 12.2. The molecule has 1 aromatic heterocycles. The molecule has 140 valence electrons. The number of aromatic nitrogens is 4. The molecule has 11 nitrogen and oxygen atoms in total. The van der Waals surface area contributed by atoms with Gasteiger partial charge < -0.3 is 14.8 Å². The number of carboxylic acid groups (broad SMARTS) is 1.